The molecule has 3 nitrogen and oxygen atoms in total. The Morgan fingerprint density at radius 3 is 2.81 bits per heavy atom. The molecule has 1 atom stereocenters. The molecular weight excluding hydrogens is 204 g/mol. The molecule has 0 saturated heterocycles. The van der Waals surface area contributed by atoms with Crippen LogP contribution in [0.4, 0.5) is 0 Å². The normalized spacial score (nSPS) is 24.2. The Morgan fingerprint density at radius 2 is 2.25 bits per heavy atom. The molecule has 3 heteroatoms. The molecule has 84 valence electrons. The average molecular weight is 218 g/mol. The van der Waals surface area contributed by atoms with Gasteiger partial charge in [-0.1, -0.05) is 6.07 Å². The van der Waals surface area contributed by atoms with Gasteiger partial charge in [-0.3, -0.25) is 4.79 Å². The van der Waals surface area contributed by atoms with Crippen LogP contribution >= 0.6 is 0 Å². The number of hydrogen-bond acceptors (Lipinski definition) is 2. The van der Waals surface area contributed by atoms with E-state index in [-0.39, 0.29) is 11.3 Å². The van der Waals surface area contributed by atoms with Gasteiger partial charge in [0.15, 0.2) is 0 Å². The van der Waals surface area contributed by atoms with E-state index in [0.717, 1.165) is 30.6 Å². The van der Waals surface area contributed by atoms with Crippen LogP contribution in [0.25, 0.3) is 0 Å². The maximum atomic E-state index is 11.2. The summed E-state index contributed by atoms with van der Waals surface area (Å²) in [6.45, 7) is 0. The first-order valence-electron chi connectivity index (χ1n) is 5.57. The highest BCUT2D eigenvalue weighted by Crippen LogP contribution is 2.61. The molecule has 1 unspecified atom stereocenters. The van der Waals surface area contributed by atoms with E-state index in [1.54, 1.807) is 7.11 Å². The highest BCUT2D eigenvalue weighted by Gasteiger charge is 2.53. The molecule has 0 amide bonds. The van der Waals surface area contributed by atoms with Crippen LogP contribution in [0.5, 0.6) is 5.75 Å². The molecule has 1 spiro atoms. The van der Waals surface area contributed by atoms with Gasteiger partial charge >= 0.3 is 5.97 Å². The molecule has 16 heavy (non-hydrogen) atoms. The van der Waals surface area contributed by atoms with Gasteiger partial charge in [-0.15, -0.1) is 0 Å². The molecule has 2 aliphatic carbocycles. The van der Waals surface area contributed by atoms with E-state index < -0.39 is 5.97 Å². The first kappa shape index (κ1) is 9.70. The Bertz CT molecular complexity index is 460. The lowest BCUT2D eigenvalue weighted by molar-refractivity contribution is -0.138. The van der Waals surface area contributed by atoms with Crippen molar-refractivity contribution in [1.82, 2.24) is 0 Å². The fraction of sp³-hybridized carbons (Fsp3) is 0.462. The van der Waals surface area contributed by atoms with E-state index >= 15 is 0 Å². The summed E-state index contributed by atoms with van der Waals surface area (Å²) >= 11 is 0. The summed E-state index contributed by atoms with van der Waals surface area (Å²) in [6, 6.07) is 5.87. The molecule has 3 rings (SSSR count). The maximum absolute atomic E-state index is 11.2. The second-order valence-electron chi connectivity index (χ2n) is 4.83. The van der Waals surface area contributed by atoms with Gasteiger partial charge in [0.05, 0.1) is 13.0 Å². The highest BCUT2D eigenvalue weighted by molar-refractivity contribution is 5.79. The molecular formula is C13H14O3. The van der Waals surface area contributed by atoms with Crippen LogP contribution in [-0.2, 0) is 10.2 Å². The molecule has 0 heterocycles. The van der Waals surface area contributed by atoms with E-state index in [1.165, 1.54) is 5.56 Å². The molecule has 2 aliphatic rings. The van der Waals surface area contributed by atoms with Gasteiger partial charge in [-0.05, 0) is 47.9 Å². The number of aliphatic carboxylic acids is 1. The summed E-state index contributed by atoms with van der Waals surface area (Å²) in [4.78, 5) is 11.2. The first-order chi connectivity index (χ1) is 7.66. The van der Waals surface area contributed by atoms with Gasteiger partial charge in [0.25, 0.3) is 0 Å². The quantitative estimate of drug-likeness (QED) is 0.828. The number of ether oxygens (including phenoxy) is 1. The molecule has 1 aromatic carbocycles. The number of fused-ring (bicyclic) bond motifs is 2. The highest BCUT2D eigenvalue weighted by atomic mass is 16.5. The number of benzene rings is 1. The van der Waals surface area contributed by atoms with Gasteiger partial charge in [0.2, 0.25) is 0 Å². The predicted octanol–water partition coefficient (Wildman–Crippen LogP) is 2.30. The molecule has 1 fully saturated rings. The van der Waals surface area contributed by atoms with Gasteiger partial charge in [-0.25, -0.2) is 0 Å². The van der Waals surface area contributed by atoms with Gasteiger partial charge in [0, 0.05) is 0 Å². The van der Waals surface area contributed by atoms with Crippen molar-refractivity contribution in [1.29, 1.82) is 0 Å². The average Bonchev–Trinajstić information content (AvgIpc) is 2.97. The summed E-state index contributed by atoms with van der Waals surface area (Å²) in [5.74, 6) is -0.298. The largest absolute Gasteiger partial charge is 0.497 e. The Kier molecular flexibility index (Phi) is 1.82. The van der Waals surface area contributed by atoms with Crippen molar-refractivity contribution in [3.63, 3.8) is 0 Å². The molecule has 1 aromatic rings. The number of carboxylic acids is 1. The minimum atomic E-state index is -0.710. The summed E-state index contributed by atoms with van der Waals surface area (Å²) in [5, 5.41) is 9.24. The third-order valence-corrected chi connectivity index (χ3v) is 3.95. The van der Waals surface area contributed by atoms with Crippen LogP contribution in [0.1, 0.15) is 36.3 Å². The third kappa shape index (κ3) is 1.17. The molecule has 0 aromatic heterocycles. The van der Waals surface area contributed by atoms with Crippen LogP contribution in [0, 0.1) is 0 Å². The Hall–Kier alpha value is -1.51. The van der Waals surface area contributed by atoms with Gasteiger partial charge in [0.1, 0.15) is 5.75 Å². The topological polar surface area (TPSA) is 46.5 Å². The minimum Gasteiger partial charge on any atom is -0.497 e. The SMILES string of the molecule is COc1ccc2c(c1)C(C(=O)O)CC21CC1. The van der Waals surface area contributed by atoms with E-state index in [4.69, 9.17) is 4.74 Å². The predicted molar refractivity (Wildman–Crippen MR) is 58.9 cm³/mol. The van der Waals surface area contributed by atoms with Crippen LogP contribution in [-0.4, -0.2) is 18.2 Å². The number of methoxy groups -OCH3 is 1. The second-order valence-corrected chi connectivity index (χ2v) is 4.83. The molecule has 0 radical (unpaired) electrons. The first-order valence-corrected chi connectivity index (χ1v) is 5.57. The van der Waals surface area contributed by atoms with Crippen LogP contribution in [0.15, 0.2) is 18.2 Å². The number of hydrogen-bond donors (Lipinski definition) is 1. The van der Waals surface area contributed by atoms with E-state index in [2.05, 4.69) is 0 Å². The standard InChI is InChI=1S/C13H14O3/c1-16-8-2-3-11-9(6-8)10(12(14)15)7-13(11)4-5-13/h2-3,6,10H,4-5,7H2,1H3,(H,14,15). The van der Waals surface area contributed by atoms with Crippen molar-refractivity contribution in [3.8, 4) is 5.75 Å². The van der Waals surface area contributed by atoms with E-state index in [1.807, 2.05) is 18.2 Å². The van der Waals surface area contributed by atoms with Gasteiger partial charge in [-0.2, -0.15) is 0 Å². The zero-order valence-electron chi connectivity index (χ0n) is 9.19. The van der Waals surface area contributed by atoms with Crippen LogP contribution < -0.4 is 4.74 Å². The van der Waals surface area contributed by atoms with Crippen molar-refractivity contribution in [2.45, 2.75) is 30.6 Å². The van der Waals surface area contributed by atoms with Crippen LogP contribution in [0.3, 0.4) is 0 Å². The summed E-state index contributed by atoms with van der Waals surface area (Å²) in [5.41, 5.74) is 2.38. The van der Waals surface area contributed by atoms with E-state index in [9.17, 15) is 9.90 Å². The van der Waals surface area contributed by atoms with Crippen molar-refractivity contribution in [3.05, 3.63) is 29.3 Å². The lowest BCUT2D eigenvalue weighted by Crippen LogP contribution is -2.09. The molecule has 0 aliphatic heterocycles. The van der Waals surface area contributed by atoms with Crippen LogP contribution in [0.2, 0.25) is 0 Å². The van der Waals surface area contributed by atoms with Crippen molar-refractivity contribution in [2.75, 3.05) is 7.11 Å². The lowest BCUT2D eigenvalue weighted by Gasteiger charge is -2.08. The lowest BCUT2D eigenvalue weighted by atomic mass is 9.98. The fourth-order valence-electron chi connectivity index (χ4n) is 2.89. The Morgan fingerprint density at radius 1 is 1.50 bits per heavy atom. The zero-order valence-corrected chi connectivity index (χ0v) is 9.19. The van der Waals surface area contributed by atoms with E-state index in [0.29, 0.717) is 0 Å². The molecule has 0 bridgehead atoms. The van der Waals surface area contributed by atoms with Crippen molar-refractivity contribution in [2.24, 2.45) is 0 Å². The minimum absolute atomic E-state index is 0.185. The fourth-order valence-corrected chi connectivity index (χ4v) is 2.89. The van der Waals surface area contributed by atoms with Gasteiger partial charge < -0.3 is 9.84 Å². The number of carboxylic acid groups (broad SMARTS) is 1. The zero-order chi connectivity index (χ0) is 11.3. The second kappa shape index (κ2) is 3.00. The van der Waals surface area contributed by atoms with Crippen molar-refractivity contribution >= 4 is 5.97 Å². The molecule has 1 saturated carbocycles. The Balaban J connectivity index is 2.11. The number of carbonyl (C=O) groups is 1. The third-order valence-electron chi connectivity index (χ3n) is 3.95. The summed E-state index contributed by atoms with van der Waals surface area (Å²) in [6.07, 6.45) is 3.04. The Labute approximate surface area is 94.0 Å². The maximum Gasteiger partial charge on any atom is 0.311 e. The molecule has 1 N–H and O–H groups in total. The summed E-state index contributed by atoms with van der Waals surface area (Å²) < 4.78 is 5.16. The summed E-state index contributed by atoms with van der Waals surface area (Å²) in [7, 11) is 1.61. The number of rotatable bonds is 2. The van der Waals surface area contributed by atoms with Crippen molar-refractivity contribution < 1.29 is 14.6 Å². The smallest absolute Gasteiger partial charge is 0.311 e. The monoisotopic (exact) mass is 218 g/mol.